The molecule has 0 aliphatic heterocycles. The Morgan fingerprint density at radius 3 is 2.63 bits per heavy atom. The molecule has 132 valence electrons. The third kappa shape index (κ3) is 3.27. The molecule has 5 heteroatoms. The van der Waals surface area contributed by atoms with Crippen LogP contribution in [0.1, 0.15) is 21.5 Å². The molecule has 0 saturated carbocycles. The molecule has 0 aliphatic carbocycles. The molecule has 0 spiro atoms. The number of benzene rings is 3. The lowest BCUT2D eigenvalue weighted by molar-refractivity contribution is 0.0999. The lowest BCUT2D eigenvalue weighted by Gasteiger charge is -2.15. The Bertz CT molecular complexity index is 1140. The van der Waals surface area contributed by atoms with Crippen LogP contribution in [0.2, 0.25) is 0 Å². The Morgan fingerprint density at radius 2 is 1.85 bits per heavy atom. The Balaban J connectivity index is 1.94. The van der Waals surface area contributed by atoms with Gasteiger partial charge in [-0.05, 0) is 47.4 Å². The number of carbonyl (C=O) groups is 1. The van der Waals surface area contributed by atoms with Crippen LogP contribution in [0.4, 0.5) is 4.39 Å². The fourth-order valence-electron chi connectivity index (χ4n) is 3.29. The standard InChI is InChI=1S/C22H16FN3O/c23-19-8-7-17(22(24)27)18(10-14-4-2-1-3-5-14)21(19)15-6-9-20-16(11-15)12-25-13-26-20/h1-9,11-13H,10H2,(H2,24,27). The molecule has 0 unspecified atom stereocenters. The molecule has 0 atom stereocenters. The van der Waals surface area contributed by atoms with Gasteiger partial charge in [-0.15, -0.1) is 0 Å². The molecular formula is C22H16FN3O. The summed E-state index contributed by atoms with van der Waals surface area (Å²) in [6.45, 7) is 0. The molecule has 1 heterocycles. The zero-order valence-electron chi connectivity index (χ0n) is 14.4. The van der Waals surface area contributed by atoms with Crippen molar-refractivity contribution in [3.63, 3.8) is 0 Å². The summed E-state index contributed by atoms with van der Waals surface area (Å²) in [5, 5.41) is 0.796. The van der Waals surface area contributed by atoms with Gasteiger partial charge in [0.2, 0.25) is 5.91 Å². The number of carbonyl (C=O) groups excluding carboxylic acids is 1. The van der Waals surface area contributed by atoms with Crippen LogP contribution in [0.25, 0.3) is 22.0 Å². The fourth-order valence-corrected chi connectivity index (χ4v) is 3.29. The first kappa shape index (κ1) is 16.8. The molecule has 1 amide bonds. The average Bonchev–Trinajstić information content (AvgIpc) is 2.68. The van der Waals surface area contributed by atoms with E-state index in [9.17, 15) is 9.18 Å². The number of amides is 1. The first-order valence-corrected chi connectivity index (χ1v) is 8.49. The van der Waals surface area contributed by atoms with Crippen LogP contribution in [0, 0.1) is 5.82 Å². The van der Waals surface area contributed by atoms with Gasteiger partial charge < -0.3 is 5.73 Å². The number of aromatic nitrogens is 2. The first-order chi connectivity index (χ1) is 13.1. The van der Waals surface area contributed by atoms with E-state index < -0.39 is 11.7 Å². The van der Waals surface area contributed by atoms with Gasteiger partial charge in [0.05, 0.1) is 5.52 Å². The molecule has 4 aromatic rings. The summed E-state index contributed by atoms with van der Waals surface area (Å²) in [7, 11) is 0. The number of nitrogens with zero attached hydrogens (tertiary/aromatic N) is 2. The van der Waals surface area contributed by atoms with Gasteiger partial charge in [-0.1, -0.05) is 36.4 Å². The minimum atomic E-state index is -0.577. The van der Waals surface area contributed by atoms with Crippen molar-refractivity contribution in [2.45, 2.75) is 6.42 Å². The summed E-state index contributed by atoms with van der Waals surface area (Å²) < 4.78 is 14.9. The van der Waals surface area contributed by atoms with Gasteiger partial charge in [0.25, 0.3) is 0 Å². The maximum atomic E-state index is 14.9. The van der Waals surface area contributed by atoms with Crippen LogP contribution in [-0.4, -0.2) is 15.9 Å². The van der Waals surface area contributed by atoms with Crippen molar-refractivity contribution in [3.05, 3.63) is 95.7 Å². The number of rotatable bonds is 4. The normalized spacial score (nSPS) is 10.9. The molecule has 4 rings (SSSR count). The van der Waals surface area contributed by atoms with E-state index >= 15 is 0 Å². The molecule has 4 nitrogen and oxygen atoms in total. The Hall–Kier alpha value is -3.60. The first-order valence-electron chi connectivity index (χ1n) is 8.49. The fraction of sp³-hybridized carbons (Fsp3) is 0.0455. The maximum Gasteiger partial charge on any atom is 0.249 e. The van der Waals surface area contributed by atoms with Gasteiger partial charge in [0.1, 0.15) is 12.1 Å². The second kappa shape index (κ2) is 6.96. The molecule has 0 aliphatic rings. The van der Waals surface area contributed by atoms with Gasteiger partial charge >= 0.3 is 0 Å². The second-order valence-electron chi connectivity index (χ2n) is 6.27. The van der Waals surface area contributed by atoms with E-state index in [4.69, 9.17) is 5.73 Å². The van der Waals surface area contributed by atoms with Gasteiger partial charge in [0, 0.05) is 22.7 Å². The SMILES string of the molecule is NC(=O)c1ccc(F)c(-c2ccc3ncncc3c2)c1Cc1ccccc1. The Labute approximate surface area is 155 Å². The molecule has 0 saturated heterocycles. The largest absolute Gasteiger partial charge is 0.366 e. The molecule has 0 bridgehead atoms. The summed E-state index contributed by atoms with van der Waals surface area (Å²) in [4.78, 5) is 20.2. The summed E-state index contributed by atoms with van der Waals surface area (Å²) in [6.07, 6.45) is 3.55. The van der Waals surface area contributed by atoms with Crippen molar-refractivity contribution in [1.82, 2.24) is 9.97 Å². The van der Waals surface area contributed by atoms with Crippen molar-refractivity contribution in [2.24, 2.45) is 5.73 Å². The van der Waals surface area contributed by atoms with Gasteiger partial charge in [-0.25, -0.2) is 14.4 Å². The minimum Gasteiger partial charge on any atom is -0.366 e. The highest BCUT2D eigenvalue weighted by Crippen LogP contribution is 2.32. The predicted molar refractivity (Wildman–Crippen MR) is 103 cm³/mol. The van der Waals surface area contributed by atoms with E-state index in [2.05, 4.69) is 9.97 Å². The number of fused-ring (bicyclic) bond motifs is 1. The van der Waals surface area contributed by atoms with Crippen molar-refractivity contribution in [3.8, 4) is 11.1 Å². The number of nitrogens with two attached hydrogens (primary N) is 1. The molecule has 0 fully saturated rings. The van der Waals surface area contributed by atoms with E-state index in [0.29, 0.717) is 28.7 Å². The highest BCUT2D eigenvalue weighted by atomic mass is 19.1. The monoisotopic (exact) mass is 357 g/mol. The summed E-state index contributed by atoms with van der Waals surface area (Å²) >= 11 is 0. The van der Waals surface area contributed by atoms with E-state index in [-0.39, 0.29) is 0 Å². The Morgan fingerprint density at radius 1 is 1.04 bits per heavy atom. The van der Waals surface area contributed by atoms with Gasteiger partial charge in [0.15, 0.2) is 0 Å². The van der Waals surface area contributed by atoms with Crippen LogP contribution < -0.4 is 5.73 Å². The lowest BCUT2D eigenvalue weighted by Crippen LogP contribution is -2.15. The summed E-state index contributed by atoms with van der Waals surface area (Å²) in [5.41, 5.74) is 9.24. The zero-order valence-corrected chi connectivity index (χ0v) is 14.4. The van der Waals surface area contributed by atoms with E-state index in [1.807, 2.05) is 42.5 Å². The lowest BCUT2D eigenvalue weighted by atomic mass is 9.90. The van der Waals surface area contributed by atoms with E-state index in [0.717, 1.165) is 16.5 Å². The van der Waals surface area contributed by atoms with E-state index in [1.54, 1.807) is 12.3 Å². The van der Waals surface area contributed by atoms with Crippen LogP contribution >= 0.6 is 0 Å². The Kier molecular flexibility index (Phi) is 4.34. The number of primary amides is 1. The average molecular weight is 357 g/mol. The number of halogens is 1. The van der Waals surface area contributed by atoms with Crippen molar-refractivity contribution < 1.29 is 9.18 Å². The van der Waals surface area contributed by atoms with Crippen LogP contribution in [0.3, 0.4) is 0 Å². The maximum absolute atomic E-state index is 14.9. The molecular weight excluding hydrogens is 341 g/mol. The van der Waals surface area contributed by atoms with Crippen molar-refractivity contribution >= 4 is 16.8 Å². The molecule has 3 aromatic carbocycles. The molecule has 1 aromatic heterocycles. The van der Waals surface area contributed by atoms with E-state index in [1.165, 1.54) is 18.5 Å². The number of hydrogen-bond donors (Lipinski definition) is 1. The van der Waals surface area contributed by atoms with Crippen LogP contribution in [-0.2, 0) is 6.42 Å². The topological polar surface area (TPSA) is 68.9 Å². The second-order valence-corrected chi connectivity index (χ2v) is 6.27. The molecule has 2 N–H and O–H groups in total. The smallest absolute Gasteiger partial charge is 0.249 e. The van der Waals surface area contributed by atoms with Gasteiger partial charge in [-0.3, -0.25) is 4.79 Å². The highest BCUT2D eigenvalue weighted by molar-refractivity contribution is 5.97. The van der Waals surface area contributed by atoms with Crippen LogP contribution in [0.15, 0.2) is 73.2 Å². The molecule has 0 radical (unpaired) electrons. The molecule has 27 heavy (non-hydrogen) atoms. The zero-order chi connectivity index (χ0) is 18.8. The van der Waals surface area contributed by atoms with Crippen molar-refractivity contribution in [1.29, 1.82) is 0 Å². The highest BCUT2D eigenvalue weighted by Gasteiger charge is 2.19. The number of hydrogen-bond acceptors (Lipinski definition) is 3. The minimum absolute atomic E-state index is 0.319. The van der Waals surface area contributed by atoms with Crippen molar-refractivity contribution in [2.75, 3.05) is 0 Å². The van der Waals surface area contributed by atoms with Gasteiger partial charge in [-0.2, -0.15) is 0 Å². The third-order valence-corrected chi connectivity index (χ3v) is 4.54. The summed E-state index contributed by atoms with van der Waals surface area (Å²) in [5.74, 6) is -0.978. The summed E-state index contributed by atoms with van der Waals surface area (Å²) in [6, 6.07) is 17.8. The van der Waals surface area contributed by atoms with Crippen LogP contribution in [0.5, 0.6) is 0 Å². The third-order valence-electron chi connectivity index (χ3n) is 4.54. The predicted octanol–water partition coefficient (Wildman–Crippen LogP) is 4.13. The quantitative estimate of drug-likeness (QED) is 0.597.